The van der Waals surface area contributed by atoms with Gasteiger partial charge in [0.05, 0.1) is 6.04 Å². The Morgan fingerprint density at radius 3 is 3.00 bits per heavy atom. The minimum absolute atomic E-state index is 0.0543. The lowest BCUT2D eigenvalue weighted by atomic mass is 10.2. The molecule has 0 bridgehead atoms. The molecule has 21 heavy (non-hydrogen) atoms. The topological polar surface area (TPSA) is 78.0 Å². The number of hydrogen-bond acceptors (Lipinski definition) is 6. The van der Waals surface area contributed by atoms with Crippen molar-refractivity contribution in [3.05, 3.63) is 51.3 Å². The molecule has 7 nitrogen and oxygen atoms in total. The molecule has 0 fully saturated rings. The molecular formula is C13H10N6OS. The zero-order valence-corrected chi connectivity index (χ0v) is 11.9. The van der Waals surface area contributed by atoms with Crippen LogP contribution in [0.25, 0.3) is 16.8 Å². The van der Waals surface area contributed by atoms with E-state index in [9.17, 15) is 4.79 Å². The molecule has 4 rings (SSSR count). The summed E-state index contributed by atoms with van der Waals surface area (Å²) in [6.45, 7) is 1.98. The van der Waals surface area contributed by atoms with Gasteiger partial charge in [-0.25, -0.2) is 0 Å². The third-order valence-electron chi connectivity index (χ3n) is 3.51. The fraction of sp³-hybridized carbons (Fsp3) is 0.154. The Morgan fingerprint density at radius 2 is 2.19 bits per heavy atom. The summed E-state index contributed by atoms with van der Waals surface area (Å²) in [6.07, 6.45) is 3.15. The lowest BCUT2D eigenvalue weighted by molar-refractivity contribution is 0.619. The van der Waals surface area contributed by atoms with Crippen LogP contribution in [0, 0.1) is 0 Å². The van der Waals surface area contributed by atoms with Gasteiger partial charge in [-0.05, 0) is 35.4 Å². The zero-order chi connectivity index (χ0) is 14.4. The second-order valence-corrected chi connectivity index (χ2v) is 5.45. The van der Waals surface area contributed by atoms with E-state index in [2.05, 4.69) is 20.3 Å². The van der Waals surface area contributed by atoms with Crippen LogP contribution in [0.2, 0.25) is 0 Å². The number of nitrogens with zero attached hydrogens (tertiary/aromatic N) is 6. The van der Waals surface area contributed by atoms with Gasteiger partial charge in [-0.3, -0.25) is 4.79 Å². The highest BCUT2D eigenvalue weighted by atomic mass is 32.1. The fourth-order valence-electron chi connectivity index (χ4n) is 2.34. The molecule has 0 aliphatic heterocycles. The van der Waals surface area contributed by atoms with Gasteiger partial charge in [-0.1, -0.05) is 0 Å². The van der Waals surface area contributed by atoms with Crippen molar-refractivity contribution in [3.63, 3.8) is 0 Å². The third kappa shape index (κ3) is 1.76. The van der Waals surface area contributed by atoms with Crippen LogP contribution in [-0.2, 0) is 0 Å². The standard InChI is InChI=1S/C13H10N6OS/c1-8(9-3-5-21-6-9)18-4-2-10-11(12(18)20)16-17-13-14-7-15-19(10)13/h2-8H,1H3. The van der Waals surface area contributed by atoms with Gasteiger partial charge in [-0.15, -0.1) is 10.2 Å². The summed E-state index contributed by atoms with van der Waals surface area (Å²) in [6, 6.07) is 3.77. The molecule has 0 aliphatic rings. The van der Waals surface area contributed by atoms with Gasteiger partial charge in [0, 0.05) is 6.20 Å². The maximum absolute atomic E-state index is 12.6. The molecule has 4 aromatic rings. The molecule has 0 N–H and O–H groups in total. The van der Waals surface area contributed by atoms with Crippen LogP contribution in [0.5, 0.6) is 0 Å². The summed E-state index contributed by atoms with van der Waals surface area (Å²) >= 11 is 1.61. The lowest BCUT2D eigenvalue weighted by Crippen LogP contribution is -2.24. The van der Waals surface area contributed by atoms with E-state index in [-0.39, 0.29) is 17.1 Å². The smallest absolute Gasteiger partial charge is 0.281 e. The van der Waals surface area contributed by atoms with Crippen LogP contribution in [-0.4, -0.2) is 29.4 Å². The lowest BCUT2D eigenvalue weighted by Gasteiger charge is -2.14. The van der Waals surface area contributed by atoms with E-state index in [4.69, 9.17) is 0 Å². The van der Waals surface area contributed by atoms with Gasteiger partial charge in [-0.2, -0.15) is 25.9 Å². The van der Waals surface area contributed by atoms with Gasteiger partial charge in [0.15, 0.2) is 5.52 Å². The molecule has 0 amide bonds. The largest absolute Gasteiger partial charge is 0.306 e. The van der Waals surface area contributed by atoms with E-state index >= 15 is 0 Å². The number of pyridine rings is 1. The van der Waals surface area contributed by atoms with Gasteiger partial charge >= 0.3 is 0 Å². The molecule has 1 unspecified atom stereocenters. The molecule has 0 saturated carbocycles. The first-order valence-electron chi connectivity index (χ1n) is 6.35. The molecule has 8 heteroatoms. The monoisotopic (exact) mass is 298 g/mol. The van der Waals surface area contributed by atoms with E-state index in [1.54, 1.807) is 22.1 Å². The normalized spacial score (nSPS) is 13.0. The Morgan fingerprint density at radius 1 is 1.29 bits per heavy atom. The van der Waals surface area contributed by atoms with Crippen LogP contribution < -0.4 is 5.56 Å². The Hall–Kier alpha value is -2.61. The molecule has 4 aromatic heterocycles. The average molecular weight is 298 g/mol. The van der Waals surface area contributed by atoms with Gasteiger partial charge < -0.3 is 4.57 Å². The van der Waals surface area contributed by atoms with Crippen LogP contribution in [0.4, 0.5) is 0 Å². The first kappa shape index (κ1) is 12.2. The fourth-order valence-corrected chi connectivity index (χ4v) is 3.09. The first-order chi connectivity index (χ1) is 10.3. The zero-order valence-electron chi connectivity index (χ0n) is 11.0. The first-order valence-corrected chi connectivity index (χ1v) is 7.29. The predicted molar refractivity (Wildman–Crippen MR) is 78.5 cm³/mol. The maximum Gasteiger partial charge on any atom is 0.281 e. The SMILES string of the molecule is CC(c1ccsc1)n1ccc2c(nnc3ncnn32)c1=O. The van der Waals surface area contributed by atoms with Crippen molar-refractivity contribution >= 4 is 28.1 Å². The van der Waals surface area contributed by atoms with Crippen LogP contribution >= 0.6 is 11.3 Å². The summed E-state index contributed by atoms with van der Waals surface area (Å²) in [4.78, 5) is 16.6. The average Bonchev–Trinajstić information content (AvgIpc) is 3.18. The molecule has 0 radical (unpaired) electrons. The highest BCUT2D eigenvalue weighted by Gasteiger charge is 2.14. The number of hydrogen-bond donors (Lipinski definition) is 0. The summed E-state index contributed by atoms with van der Waals surface area (Å²) < 4.78 is 3.17. The number of thiophene rings is 1. The Labute approximate surface area is 122 Å². The highest BCUT2D eigenvalue weighted by Crippen LogP contribution is 2.19. The molecule has 104 valence electrons. The van der Waals surface area contributed by atoms with Gasteiger partial charge in [0.2, 0.25) is 0 Å². The molecular weight excluding hydrogens is 288 g/mol. The van der Waals surface area contributed by atoms with Gasteiger partial charge in [0.25, 0.3) is 11.3 Å². The Balaban J connectivity index is 1.98. The van der Waals surface area contributed by atoms with E-state index in [0.717, 1.165) is 5.56 Å². The second-order valence-electron chi connectivity index (χ2n) is 4.67. The molecule has 0 aromatic carbocycles. The molecule has 1 atom stereocenters. The maximum atomic E-state index is 12.6. The van der Waals surface area contributed by atoms with Gasteiger partial charge in [0.1, 0.15) is 11.8 Å². The summed E-state index contributed by atoms with van der Waals surface area (Å²) in [5, 5.41) is 16.0. The number of fused-ring (bicyclic) bond motifs is 3. The van der Waals surface area contributed by atoms with Crippen LogP contribution in [0.3, 0.4) is 0 Å². The Bertz CT molecular complexity index is 987. The summed E-state index contributed by atoms with van der Waals surface area (Å²) in [5.74, 6) is 0.380. The van der Waals surface area contributed by atoms with E-state index in [1.165, 1.54) is 10.8 Å². The molecule has 4 heterocycles. The minimum Gasteiger partial charge on any atom is -0.306 e. The van der Waals surface area contributed by atoms with Crippen molar-refractivity contribution in [2.24, 2.45) is 0 Å². The highest BCUT2D eigenvalue weighted by molar-refractivity contribution is 7.07. The van der Waals surface area contributed by atoms with Crippen molar-refractivity contribution < 1.29 is 0 Å². The summed E-state index contributed by atoms with van der Waals surface area (Å²) in [5.41, 5.74) is 1.81. The molecule has 0 aliphatic carbocycles. The number of aromatic nitrogens is 6. The summed E-state index contributed by atoms with van der Waals surface area (Å²) in [7, 11) is 0. The van der Waals surface area contributed by atoms with Crippen molar-refractivity contribution in [2.45, 2.75) is 13.0 Å². The Kier molecular flexibility index (Phi) is 2.58. The van der Waals surface area contributed by atoms with Crippen molar-refractivity contribution in [1.29, 1.82) is 0 Å². The van der Waals surface area contributed by atoms with Crippen molar-refractivity contribution in [1.82, 2.24) is 29.4 Å². The number of rotatable bonds is 2. The molecule has 0 saturated heterocycles. The second kappa shape index (κ2) is 4.45. The molecule has 0 spiro atoms. The van der Waals surface area contributed by atoms with Crippen molar-refractivity contribution in [3.8, 4) is 0 Å². The third-order valence-corrected chi connectivity index (χ3v) is 4.21. The quantitative estimate of drug-likeness (QED) is 0.560. The van der Waals surface area contributed by atoms with Crippen molar-refractivity contribution in [2.75, 3.05) is 0 Å². The van der Waals surface area contributed by atoms with E-state index < -0.39 is 0 Å². The predicted octanol–water partition coefficient (Wildman–Crippen LogP) is 1.50. The minimum atomic E-state index is -0.184. The van der Waals surface area contributed by atoms with E-state index in [0.29, 0.717) is 11.3 Å². The van der Waals surface area contributed by atoms with Crippen LogP contribution in [0.1, 0.15) is 18.5 Å². The van der Waals surface area contributed by atoms with Crippen LogP contribution in [0.15, 0.2) is 40.2 Å². The van der Waals surface area contributed by atoms with E-state index in [1.807, 2.05) is 29.8 Å².